The molecule has 0 unspecified atom stereocenters. The quantitative estimate of drug-likeness (QED) is 0.0599. The largest absolute Gasteiger partial charge is 0.378 e. The number of benzene rings is 4. The molecule has 4 aromatic carbocycles. The predicted molar refractivity (Wildman–Crippen MR) is 235 cm³/mol. The van der Waals surface area contributed by atoms with Crippen molar-refractivity contribution in [2.24, 2.45) is 0 Å². The van der Waals surface area contributed by atoms with Crippen LogP contribution in [0.4, 0.5) is 58.4 Å². The normalized spacial score (nSPS) is 15.1. The minimum Gasteiger partial charge on any atom is -0.378 e. The summed E-state index contributed by atoms with van der Waals surface area (Å²) in [5.74, 6) is 1.63. The summed E-state index contributed by atoms with van der Waals surface area (Å²) in [5.41, 5.74) is 1.80. The fraction of sp³-hybridized carbons (Fsp3) is 0.200. The van der Waals surface area contributed by atoms with E-state index in [1.54, 1.807) is 0 Å². The van der Waals surface area contributed by atoms with E-state index in [1.165, 1.54) is 48.5 Å². The molecule has 0 bridgehead atoms. The average Bonchev–Trinajstić information content (AvgIpc) is 3.27. The lowest BCUT2D eigenvalue weighted by atomic mass is 10.1. The topological polar surface area (TPSA) is 259 Å². The molecule has 2 fully saturated rings. The van der Waals surface area contributed by atoms with Crippen molar-refractivity contribution in [2.45, 2.75) is 0 Å². The van der Waals surface area contributed by atoms with E-state index in [0.29, 0.717) is 75.9 Å². The third-order valence-corrected chi connectivity index (χ3v) is 11.5. The average molecular weight is 881 g/mol. The van der Waals surface area contributed by atoms with E-state index in [4.69, 9.17) is 9.47 Å². The van der Waals surface area contributed by atoms with Crippen LogP contribution in [0.25, 0.3) is 9.81 Å². The van der Waals surface area contributed by atoms with Gasteiger partial charge in [-0.15, -0.1) is 0 Å². The lowest BCUT2D eigenvalue weighted by Crippen LogP contribution is -2.37. The Kier molecular flexibility index (Phi) is 12.5. The number of morpholine rings is 2. The summed E-state index contributed by atoms with van der Waals surface area (Å²) in [7, 11) is -10.6. The van der Waals surface area contributed by atoms with Gasteiger partial charge in [-0.3, -0.25) is 9.11 Å². The summed E-state index contributed by atoms with van der Waals surface area (Å²) < 4.78 is 83.9. The van der Waals surface area contributed by atoms with Crippen molar-refractivity contribution in [1.82, 2.24) is 29.9 Å². The summed E-state index contributed by atoms with van der Waals surface area (Å²) in [5, 5.41) is 12.5. The van der Waals surface area contributed by atoms with Crippen LogP contribution in [0.2, 0.25) is 0 Å². The summed E-state index contributed by atoms with van der Waals surface area (Å²) in [4.78, 5) is 29.2. The molecule has 2 aromatic heterocycles. The van der Waals surface area contributed by atoms with E-state index in [-0.39, 0.29) is 34.9 Å². The van der Waals surface area contributed by atoms with E-state index < -0.39 is 30.0 Å². The van der Waals surface area contributed by atoms with Gasteiger partial charge in [-0.25, -0.2) is 0 Å². The first-order valence-corrected chi connectivity index (χ1v) is 22.1. The van der Waals surface area contributed by atoms with Gasteiger partial charge in [0.15, 0.2) is 0 Å². The fourth-order valence-corrected chi connectivity index (χ4v) is 8.73. The van der Waals surface area contributed by atoms with E-state index in [1.807, 2.05) is 70.5 Å². The maximum absolute atomic E-state index is 13.0. The number of para-hydroxylation sites is 2. The zero-order valence-electron chi connectivity index (χ0n) is 32.8. The predicted octanol–water partition coefficient (Wildman–Crippen LogP) is 5.31. The van der Waals surface area contributed by atoms with Crippen molar-refractivity contribution in [1.29, 1.82) is 0 Å². The molecule has 0 saturated carbocycles. The summed E-state index contributed by atoms with van der Waals surface area (Å²) in [6, 6.07) is 29.5. The molecule has 0 amide bonds. The Morgan fingerprint density at radius 1 is 0.435 bits per heavy atom. The molecule has 4 heterocycles. The van der Waals surface area contributed by atoms with Crippen LogP contribution < -0.4 is 31.1 Å². The Labute approximate surface area is 356 Å². The Bertz CT molecular complexity index is 2570. The SMILES string of the molecule is O=S(=O)(O)C(=C(c1ccc(Nc2nc(Nc3ccccc3)nc(N3CCOCC3)n2)cc1)S(=O)(=O)O)c1ccc(Nc2nc(Nc3ccccc3)nc(N3CCOCC3)n2)cc1. The molecule has 22 heteroatoms. The maximum atomic E-state index is 13.0. The molecule has 20 nitrogen and oxygen atoms in total. The number of rotatable bonds is 14. The number of nitrogens with zero attached hydrogens (tertiary/aromatic N) is 8. The van der Waals surface area contributed by atoms with Gasteiger partial charge in [0.05, 0.1) is 26.4 Å². The lowest BCUT2D eigenvalue weighted by Gasteiger charge is -2.27. The third kappa shape index (κ3) is 10.5. The lowest BCUT2D eigenvalue weighted by molar-refractivity contribution is 0.122. The highest BCUT2D eigenvalue weighted by molar-refractivity contribution is 8.01. The first kappa shape index (κ1) is 41.9. The van der Waals surface area contributed by atoms with Crippen molar-refractivity contribution >= 4 is 88.5 Å². The first-order valence-electron chi connectivity index (χ1n) is 19.2. The van der Waals surface area contributed by atoms with Crippen molar-refractivity contribution in [2.75, 3.05) is 83.7 Å². The van der Waals surface area contributed by atoms with Crippen molar-refractivity contribution < 1.29 is 35.4 Å². The Hall–Kier alpha value is -6.82. The van der Waals surface area contributed by atoms with Crippen LogP contribution in [0.15, 0.2) is 109 Å². The molecule has 2 saturated heterocycles. The zero-order valence-corrected chi connectivity index (χ0v) is 34.4. The second kappa shape index (κ2) is 18.4. The molecule has 0 atom stereocenters. The molecule has 0 aliphatic carbocycles. The molecular formula is C40H40N12O8S2. The highest BCUT2D eigenvalue weighted by Crippen LogP contribution is 2.35. The van der Waals surface area contributed by atoms with E-state index in [9.17, 15) is 25.9 Å². The smallest absolute Gasteiger partial charge is 0.296 e. The van der Waals surface area contributed by atoms with Crippen molar-refractivity contribution in [3.05, 3.63) is 120 Å². The van der Waals surface area contributed by atoms with Crippen molar-refractivity contribution in [3.63, 3.8) is 0 Å². The number of hydrogen-bond donors (Lipinski definition) is 6. The fourth-order valence-electron chi connectivity index (χ4n) is 6.53. The highest BCUT2D eigenvalue weighted by atomic mass is 32.2. The highest BCUT2D eigenvalue weighted by Gasteiger charge is 2.31. The molecule has 8 rings (SSSR count). The van der Waals surface area contributed by atoms with Gasteiger partial charge >= 0.3 is 0 Å². The second-order valence-electron chi connectivity index (χ2n) is 13.8. The molecule has 320 valence electrons. The van der Waals surface area contributed by atoms with Gasteiger partial charge < -0.3 is 40.5 Å². The van der Waals surface area contributed by atoms with Crippen LogP contribution in [0.3, 0.4) is 0 Å². The van der Waals surface area contributed by atoms with Gasteiger partial charge in [-0.2, -0.15) is 46.7 Å². The van der Waals surface area contributed by atoms with Crippen LogP contribution in [-0.2, 0) is 29.7 Å². The van der Waals surface area contributed by atoms with Crippen molar-refractivity contribution in [3.8, 4) is 0 Å². The Morgan fingerprint density at radius 2 is 0.726 bits per heavy atom. The summed E-state index contributed by atoms with van der Waals surface area (Å²) >= 11 is 0. The summed E-state index contributed by atoms with van der Waals surface area (Å²) in [6.45, 7) is 4.24. The third-order valence-electron chi connectivity index (χ3n) is 9.42. The first-order chi connectivity index (χ1) is 29.9. The molecule has 6 aromatic rings. The van der Waals surface area contributed by atoms with Gasteiger partial charge in [0, 0.05) is 48.9 Å². The maximum Gasteiger partial charge on any atom is 0.296 e. The van der Waals surface area contributed by atoms with Crippen LogP contribution in [0.1, 0.15) is 11.1 Å². The van der Waals surface area contributed by atoms with Crippen LogP contribution in [0, 0.1) is 0 Å². The Morgan fingerprint density at radius 3 is 1.02 bits per heavy atom. The monoisotopic (exact) mass is 880 g/mol. The van der Waals surface area contributed by atoms with Gasteiger partial charge in [0.1, 0.15) is 9.81 Å². The van der Waals surface area contributed by atoms with Gasteiger partial charge in [0.25, 0.3) is 20.2 Å². The number of aromatic nitrogens is 6. The van der Waals surface area contributed by atoms with E-state index in [0.717, 1.165) is 11.4 Å². The van der Waals surface area contributed by atoms with E-state index >= 15 is 0 Å². The molecule has 2 aliphatic heterocycles. The number of ether oxygens (including phenoxy) is 2. The standard InChI is InChI=1S/C40H40N12O8S2/c53-61(54,55)33(27-11-15-31(16-12-27)43-37-45-35(41-29-7-3-1-4-8-29)47-39(49-37)51-19-23-59-24-20-51)34(62(56,57)58)28-13-17-32(18-14-28)44-38-46-36(42-30-9-5-2-6-10-30)48-40(50-38)52-21-25-60-26-22-52/h1-18H,19-26H2,(H,53,54,55)(H,56,57,58)(H2,41,43,45,47,49)(H2,42,44,46,48,50). The minimum atomic E-state index is -5.28. The van der Waals surface area contributed by atoms with Gasteiger partial charge in [0.2, 0.25) is 35.7 Å². The number of anilines is 10. The molecular weight excluding hydrogens is 841 g/mol. The molecule has 0 spiro atoms. The molecule has 2 aliphatic rings. The van der Waals surface area contributed by atoms with E-state index in [2.05, 4.69) is 51.2 Å². The van der Waals surface area contributed by atoms with Gasteiger partial charge in [-0.05, 0) is 59.7 Å². The molecule has 6 N–H and O–H groups in total. The zero-order chi connectivity index (χ0) is 43.1. The second-order valence-corrected chi connectivity index (χ2v) is 16.5. The molecule has 62 heavy (non-hydrogen) atoms. The van der Waals surface area contributed by atoms with Crippen LogP contribution in [-0.4, -0.2) is 108 Å². The van der Waals surface area contributed by atoms with Crippen LogP contribution >= 0.6 is 0 Å². The van der Waals surface area contributed by atoms with Gasteiger partial charge in [-0.1, -0.05) is 60.7 Å². The summed E-state index contributed by atoms with van der Waals surface area (Å²) in [6.07, 6.45) is 0. The minimum absolute atomic E-state index is 0.156. The number of nitrogens with one attached hydrogen (secondary N) is 4. The molecule has 0 radical (unpaired) electrons. The van der Waals surface area contributed by atoms with Crippen LogP contribution in [0.5, 0.6) is 0 Å². The Balaban J connectivity index is 1.07. The number of hydrogen-bond acceptors (Lipinski definition) is 18.